The maximum atomic E-state index is 11.5. The molecule has 2 nitrogen and oxygen atoms in total. The third kappa shape index (κ3) is 3.24. The van der Waals surface area contributed by atoms with Gasteiger partial charge in [0.1, 0.15) is 0 Å². The van der Waals surface area contributed by atoms with Gasteiger partial charge in [-0.05, 0) is 36.1 Å². The van der Waals surface area contributed by atoms with E-state index in [9.17, 15) is 9.90 Å². The number of halogens is 1. The predicted molar refractivity (Wildman–Crippen MR) is 79.4 cm³/mol. The first-order chi connectivity index (χ1) is 9.09. The van der Waals surface area contributed by atoms with Crippen molar-refractivity contribution in [3.63, 3.8) is 0 Å². The Hall–Kier alpha value is -1.61. The van der Waals surface area contributed by atoms with Gasteiger partial charge < -0.3 is 5.11 Å². The summed E-state index contributed by atoms with van der Waals surface area (Å²) < 4.78 is 0.844. The summed E-state index contributed by atoms with van der Waals surface area (Å²) in [5, 5.41) is 9.48. The summed E-state index contributed by atoms with van der Waals surface area (Å²) in [5.74, 6) is -1.33. The Bertz CT molecular complexity index is 593. The third-order valence-electron chi connectivity index (χ3n) is 3.26. The molecule has 1 unspecified atom stereocenters. The van der Waals surface area contributed by atoms with Gasteiger partial charge in [-0.15, -0.1) is 0 Å². The highest BCUT2D eigenvalue weighted by Gasteiger charge is 2.22. The fraction of sp³-hybridized carbons (Fsp3) is 0.188. The van der Waals surface area contributed by atoms with Crippen molar-refractivity contribution in [2.24, 2.45) is 0 Å². The van der Waals surface area contributed by atoms with Gasteiger partial charge in [0.05, 0.1) is 5.92 Å². The molecule has 2 rings (SSSR count). The molecule has 3 heteroatoms. The van der Waals surface area contributed by atoms with Gasteiger partial charge in [-0.2, -0.15) is 0 Å². The maximum Gasteiger partial charge on any atom is 0.311 e. The first-order valence-corrected chi connectivity index (χ1v) is 6.90. The zero-order valence-corrected chi connectivity index (χ0v) is 12.2. The average Bonchev–Trinajstić information content (AvgIpc) is 2.38. The largest absolute Gasteiger partial charge is 0.481 e. The van der Waals surface area contributed by atoms with Crippen molar-refractivity contribution >= 4 is 21.9 Å². The van der Waals surface area contributed by atoms with Crippen molar-refractivity contribution in [3.8, 4) is 0 Å². The molecule has 0 amide bonds. The molecule has 2 aromatic rings. The van der Waals surface area contributed by atoms with Gasteiger partial charge >= 0.3 is 5.97 Å². The average molecular weight is 319 g/mol. The number of aliphatic carboxylic acids is 1. The molecule has 0 fully saturated rings. The van der Waals surface area contributed by atoms with Gasteiger partial charge in [-0.1, -0.05) is 58.4 Å². The number of carbonyl (C=O) groups is 1. The molecule has 2 aromatic carbocycles. The SMILES string of the molecule is Cc1ccccc1CC(C(=O)O)c1ccccc1Br. The van der Waals surface area contributed by atoms with Crippen LogP contribution in [0, 0.1) is 6.92 Å². The van der Waals surface area contributed by atoms with Crippen LogP contribution in [-0.2, 0) is 11.2 Å². The molecule has 0 saturated carbocycles. The van der Waals surface area contributed by atoms with E-state index in [1.807, 2.05) is 55.5 Å². The minimum Gasteiger partial charge on any atom is -0.481 e. The topological polar surface area (TPSA) is 37.3 Å². The Morgan fingerprint density at radius 2 is 1.79 bits per heavy atom. The second-order valence-electron chi connectivity index (χ2n) is 4.54. The lowest BCUT2D eigenvalue weighted by Gasteiger charge is -2.15. The smallest absolute Gasteiger partial charge is 0.311 e. The molecule has 98 valence electrons. The molecule has 0 heterocycles. The normalized spacial score (nSPS) is 12.1. The van der Waals surface area contributed by atoms with E-state index in [1.54, 1.807) is 0 Å². The standard InChI is InChI=1S/C16H15BrO2/c1-11-6-2-3-7-12(11)10-14(16(18)19)13-8-4-5-9-15(13)17/h2-9,14H,10H2,1H3,(H,18,19). The fourth-order valence-corrected chi connectivity index (χ4v) is 2.71. The van der Waals surface area contributed by atoms with Crippen molar-refractivity contribution in [3.05, 3.63) is 69.7 Å². The number of hydrogen-bond acceptors (Lipinski definition) is 1. The molecule has 0 aliphatic heterocycles. The molecule has 1 atom stereocenters. The molecular weight excluding hydrogens is 304 g/mol. The van der Waals surface area contributed by atoms with E-state index in [0.29, 0.717) is 6.42 Å². The molecular formula is C16H15BrO2. The molecule has 0 radical (unpaired) electrons. The van der Waals surface area contributed by atoms with Gasteiger partial charge in [0, 0.05) is 4.47 Å². The Balaban J connectivity index is 2.35. The highest BCUT2D eigenvalue weighted by molar-refractivity contribution is 9.10. The van der Waals surface area contributed by atoms with Crippen LogP contribution in [0.2, 0.25) is 0 Å². The van der Waals surface area contributed by atoms with Crippen LogP contribution >= 0.6 is 15.9 Å². The number of carboxylic acid groups (broad SMARTS) is 1. The van der Waals surface area contributed by atoms with Gasteiger partial charge in [-0.25, -0.2) is 0 Å². The molecule has 0 saturated heterocycles. The minimum atomic E-state index is -0.796. The summed E-state index contributed by atoms with van der Waals surface area (Å²) >= 11 is 3.43. The summed E-state index contributed by atoms with van der Waals surface area (Å²) in [4.78, 5) is 11.5. The number of benzene rings is 2. The lowest BCUT2D eigenvalue weighted by molar-refractivity contribution is -0.138. The number of rotatable bonds is 4. The van der Waals surface area contributed by atoms with E-state index in [0.717, 1.165) is 21.2 Å². The highest BCUT2D eigenvalue weighted by atomic mass is 79.9. The van der Waals surface area contributed by atoms with Crippen LogP contribution in [0.25, 0.3) is 0 Å². The summed E-state index contributed by atoms with van der Waals surface area (Å²) in [6.07, 6.45) is 0.505. The van der Waals surface area contributed by atoms with Gasteiger partial charge in [0.15, 0.2) is 0 Å². The van der Waals surface area contributed by atoms with Crippen LogP contribution < -0.4 is 0 Å². The highest BCUT2D eigenvalue weighted by Crippen LogP contribution is 2.28. The number of hydrogen-bond donors (Lipinski definition) is 1. The Morgan fingerprint density at radius 3 is 2.42 bits per heavy atom. The van der Waals surface area contributed by atoms with Crippen LogP contribution in [0.3, 0.4) is 0 Å². The lowest BCUT2D eigenvalue weighted by Crippen LogP contribution is -2.15. The van der Waals surface area contributed by atoms with E-state index in [4.69, 9.17) is 0 Å². The van der Waals surface area contributed by atoms with Crippen LogP contribution in [-0.4, -0.2) is 11.1 Å². The van der Waals surface area contributed by atoms with Crippen molar-refractivity contribution < 1.29 is 9.90 Å². The van der Waals surface area contributed by atoms with Crippen molar-refractivity contribution in [2.75, 3.05) is 0 Å². The zero-order chi connectivity index (χ0) is 13.8. The zero-order valence-electron chi connectivity index (χ0n) is 10.6. The van der Waals surface area contributed by atoms with Crippen molar-refractivity contribution in [1.29, 1.82) is 0 Å². The quantitative estimate of drug-likeness (QED) is 0.918. The fourth-order valence-electron chi connectivity index (χ4n) is 2.15. The second-order valence-corrected chi connectivity index (χ2v) is 5.40. The molecule has 0 aromatic heterocycles. The van der Waals surface area contributed by atoms with E-state index in [-0.39, 0.29) is 0 Å². The van der Waals surface area contributed by atoms with Crippen LogP contribution in [0.1, 0.15) is 22.6 Å². The molecule has 0 bridgehead atoms. The van der Waals surface area contributed by atoms with E-state index in [2.05, 4.69) is 15.9 Å². The van der Waals surface area contributed by atoms with Gasteiger partial charge in [0.25, 0.3) is 0 Å². The number of carboxylic acids is 1. The molecule has 19 heavy (non-hydrogen) atoms. The Morgan fingerprint density at radius 1 is 1.16 bits per heavy atom. The summed E-state index contributed by atoms with van der Waals surface area (Å²) in [6.45, 7) is 2.01. The van der Waals surface area contributed by atoms with E-state index in [1.165, 1.54) is 0 Å². The maximum absolute atomic E-state index is 11.5. The van der Waals surface area contributed by atoms with Crippen LogP contribution in [0.15, 0.2) is 53.0 Å². The van der Waals surface area contributed by atoms with Gasteiger partial charge in [-0.3, -0.25) is 4.79 Å². The number of aryl methyl sites for hydroxylation is 1. The Labute approximate surface area is 121 Å². The van der Waals surface area contributed by atoms with Gasteiger partial charge in [0.2, 0.25) is 0 Å². The summed E-state index contributed by atoms with van der Waals surface area (Å²) in [5.41, 5.74) is 3.02. The molecule has 0 aliphatic rings. The monoisotopic (exact) mass is 318 g/mol. The first kappa shape index (κ1) is 13.8. The lowest BCUT2D eigenvalue weighted by atomic mass is 9.90. The van der Waals surface area contributed by atoms with E-state index >= 15 is 0 Å². The van der Waals surface area contributed by atoms with Crippen molar-refractivity contribution in [1.82, 2.24) is 0 Å². The van der Waals surface area contributed by atoms with Crippen LogP contribution in [0.5, 0.6) is 0 Å². The summed E-state index contributed by atoms with van der Waals surface area (Å²) in [6, 6.07) is 15.4. The van der Waals surface area contributed by atoms with Crippen molar-refractivity contribution in [2.45, 2.75) is 19.3 Å². The molecule has 0 aliphatic carbocycles. The Kier molecular flexibility index (Phi) is 4.38. The third-order valence-corrected chi connectivity index (χ3v) is 3.99. The first-order valence-electron chi connectivity index (χ1n) is 6.11. The molecule has 1 N–H and O–H groups in total. The predicted octanol–water partition coefficient (Wildman–Crippen LogP) is 4.17. The van der Waals surface area contributed by atoms with E-state index < -0.39 is 11.9 Å². The minimum absolute atomic E-state index is 0.505. The molecule has 0 spiro atoms. The summed E-state index contributed by atoms with van der Waals surface area (Å²) in [7, 11) is 0. The van der Waals surface area contributed by atoms with Crippen LogP contribution in [0.4, 0.5) is 0 Å². The second kappa shape index (κ2) is 6.02.